The van der Waals surface area contributed by atoms with Crippen LogP contribution in [0.5, 0.6) is 5.75 Å². The van der Waals surface area contributed by atoms with Crippen LogP contribution in [0.15, 0.2) is 51.4 Å². The molecule has 2 rings (SSSR count). The van der Waals surface area contributed by atoms with Gasteiger partial charge >= 0.3 is 0 Å². The summed E-state index contributed by atoms with van der Waals surface area (Å²) in [6.07, 6.45) is 0.798. The van der Waals surface area contributed by atoms with Crippen molar-refractivity contribution in [2.24, 2.45) is 0 Å². The highest BCUT2D eigenvalue weighted by Crippen LogP contribution is 2.35. The predicted octanol–water partition coefficient (Wildman–Crippen LogP) is 4.60. The maximum absolute atomic E-state index is 10.9. The molecular weight excluding hydrogens is 360 g/mol. The van der Waals surface area contributed by atoms with Gasteiger partial charge in [0.25, 0.3) is 0 Å². The van der Waals surface area contributed by atoms with Crippen LogP contribution in [-0.2, 0) is 6.61 Å². The largest absolute Gasteiger partial charge is 0.487 e. The van der Waals surface area contributed by atoms with E-state index in [1.807, 2.05) is 30.3 Å². The van der Waals surface area contributed by atoms with Gasteiger partial charge < -0.3 is 4.74 Å². The molecule has 0 bridgehead atoms. The maximum atomic E-state index is 10.9. The third kappa shape index (κ3) is 3.00. The summed E-state index contributed by atoms with van der Waals surface area (Å²) in [7, 11) is 0. The number of benzene rings is 2. The Morgan fingerprint density at radius 2 is 1.78 bits per heavy atom. The van der Waals surface area contributed by atoms with E-state index in [4.69, 9.17) is 4.74 Å². The van der Waals surface area contributed by atoms with Crippen molar-refractivity contribution in [2.45, 2.75) is 6.61 Å². The Balaban J connectivity index is 2.21. The monoisotopic (exact) mass is 368 g/mol. The fraction of sp³-hybridized carbons (Fsp3) is 0.0714. The molecule has 18 heavy (non-hydrogen) atoms. The second-order valence-corrected chi connectivity index (χ2v) is 5.32. The van der Waals surface area contributed by atoms with E-state index in [0.29, 0.717) is 22.4 Å². The Kier molecular flexibility index (Phi) is 4.55. The van der Waals surface area contributed by atoms with Crippen LogP contribution in [0.25, 0.3) is 0 Å². The van der Waals surface area contributed by atoms with E-state index >= 15 is 0 Å². The third-order valence-electron chi connectivity index (χ3n) is 2.43. The molecule has 2 aromatic carbocycles. The van der Waals surface area contributed by atoms with Crippen LogP contribution >= 0.6 is 31.9 Å². The normalized spacial score (nSPS) is 10.1. The van der Waals surface area contributed by atoms with E-state index < -0.39 is 0 Å². The number of ether oxygens (including phenoxy) is 1. The molecule has 0 atom stereocenters. The zero-order chi connectivity index (χ0) is 13.0. The molecule has 0 saturated heterocycles. The number of halogens is 2. The van der Waals surface area contributed by atoms with E-state index in [2.05, 4.69) is 31.9 Å². The van der Waals surface area contributed by atoms with Crippen molar-refractivity contribution in [2.75, 3.05) is 0 Å². The first-order chi connectivity index (χ1) is 8.72. The zero-order valence-electron chi connectivity index (χ0n) is 9.40. The molecule has 2 aromatic rings. The molecular formula is C14H10Br2O2. The molecule has 0 heterocycles. The molecule has 0 aliphatic heterocycles. The van der Waals surface area contributed by atoms with Crippen LogP contribution in [0.4, 0.5) is 0 Å². The molecule has 0 aromatic heterocycles. The predicted molar refractivity (Wildman–Crippen MR) is 78.0 cm³/mol. The minimum atomic E-state index is 0.459. The smallest absolute Gasteiger partial charge is 0.151 e. The molecule has 0 unspecified atom stereocenters. The summed E-state index contributed by atoms with van der Waals surface area (Å²) in [5.74, 6) is 0.642. The van der Waals surface area contributed by atoms with Crippen molar-refractivity contribution in [3.63, 3.8) is 0 Å². The van der Waals surface area contributed by atoms with Gasteiger partial charge in [-0.05, 0) is 49.6 Å². The van der Waals surface area contributed by atoms with Crippen molar-refractivity contribution in [3.05, 3.63) is 62.5 Å². The lowest BCUT2D eigenvalue weighted by molar-refractivity contribution is 0.112. The van der Waals surface area contributed by atoms with Crippen molar-refractivity contribution >= 4 is 38.1 Å². The fourth-order valence-corrected chi connectivity index (χ4v) is 2.77. The van der Waals surface area contributed by atoms with E-state index in [9.17, 15) is 4.79 Å². The number of carbonyl (C=O) groups excluding carboxylic acids is 1. The van der Waals surface area contributed by atoms with Crippen molar-refractivity contribution in [3.8, 4) is 5.75 Å². The van der Waals surface area contributed by atoms with Crippen LogP contribution in [0, 0.1) is 0 Å². The van der Waals surface area contributed by atoms with Crippen molar-refractivity contribution in [1.29, 1.82) is 0 Å². The molecule has 0 spiro atoms. The Morgan fingerprint density at radius 1 is 1.06 bits per heavy atom. The average Bonchev–Trinajstić information content (AvgIpc) is 2.40. The summed E-state index contributed by atoms with van der Waals surface area (Å²) in [6.45, 7) is 0.459. The molecule has 2 nitrogen and oxygen atoms in total. The van der Waals surface area contributed by atoms with Gasteiger partial charge in [-0.2, -0.15) is 0 Å². The Hall–Kier alpha value is -1.13. The molecule has 0 amide bonds. The lowest BCUT2D eigenvalue weighted by atomic mass is 10.2. The van der Waals surface area contributed by atoms with E-state index in [1.165, 1.54) is 0 Å². The third-order valence-corrected chi connectivity index (χ3v) is 3.87. The van der Waals surface area contributed by atoms with Crippen LogP contribution in [0.2, 0.25) is 0 Å². The first-order valence-electron chi connectivity index (χ1n) is 5.32. The minimum absolute atomic E-state index is 0.459. The summed E-state index contributed by atoms with van der Waals surface area (Å²) < 4.78 is 7.23. The van der Waals surface area contributed by atoms with Gasteiger partial charge in [0.1, 0.15) is 12.4 Å². The van der Waals surface area contributed by atoms with E-state index in [-0.39, 0.29) is 0 Å². The first kappa shape index (κ1) is 13.3. The average molecular weight is 370 g/mol. The van der Waals surface area contributed by atoms with Crippen molar-refractivity contribution < 1.29 is 9.53 Å². The van der Waals surface area contributed by atoms with Crippen LogP contribution in [0.3, 0.4) is 0 Å². The molecule has 0 fully saturated rings. The molecule has 4 heteroatoms. The standard InChI is InChI=1S/C14H10Br2O2/c15-12-7-6-11(8-17)13(16)14(12)18-9-10-4-2-1-3-5-10/h1-8H,9H2. The summed E-state index contributed by atoms with van der Waals surface area (Å²) in [5, 5.41) is 0. The number of aldehydes is 1. The first-order valence-corrected chi connectivity index (χ1v) is 6.91. The van der Waals surface area contributed by atoms with Gasteiger partial charge in [0, 0.05) is 5.56 Å². The van der Waals surface area contributed by atoms with Gasteiger partial charge in [-0.25, -0.2) is 0 Å². The molecule has 0 aliphatic rings. The highest BCUT2D eigenvalue weighted by atomic mass is 79.9. The molecule has 0 N–H and O–H groups in total. The lowest BCUT2D eigenvalue weighted by Gasteiger charge is -2.11. The quantitative estimate of drug-likeness (QED) is 0.736. The Labute approximate surface area is 122 Å². The molecule has 92 valence electrons. The number of hydrogen-bond donors (Lipinski definition) is 0. The summed E-state index contributed by atoms with van der Waals surface area (Å²) in [6, 6.07) is 13.4. The van der Waals surface area contributed by atoms with E-state index in [0.717, 1.165) is 16.3 Å². The Morgan fingerprint density at radius 3 is 2.44 bits per heavy atom. The zero-order valence-corrected chi connectivity index (χ0v) is 12.6. The number of hydrogen-bond acceptors (Lipinski definition) is 2. The topological polar surface area (TPSA) is 26.3 Å². The van der Waals surface area contributed by atoms with Crippen molar-refractivity contribution in [1.82, 2.24) is 0 Å². The second-order valence-electron chi connectivity index (χ2n) is 3.67. The van der Waals surface area contributed by atoms with Gasteiger partial charge in [-0.15, -0.1) is 0 Å². The lowest BCUT2D eigenvalue weighted by Crippen LogP contribution is -1.98. The van der Waals surface area contributed by atoms with E-state index in [1.54, 1.807) is 12.1 Å². The van der Waals surface area contributed by atoms with Gasteiger partial charge in [0.2, 0.25) is 0 Å². The minimum Gasteiger partial charge on any atom is -0.487 e. The van der Waals surface area contributed by atoms with Crippen LogP contribution in [0.1, 0.15) is 15.9 Å². The van der Waals surface area contributed by atoms with Crippen LogP contribution < -0.4 is 4.74 Å². The molecule has 0 aliphatic carbocycles. The van der Waals surface area contributed by atoms with Crippen LogP contribution in [-0.4, -0.2) is 6.29 Å². The fourth-order valence-electron chi connectivity index (χ4n) is 1.50. The Bertz CT molecular complexity index is 553. The summed E-state index contributed by atoms with van der Waals surface area (Å²) >= 11 is 6.79. The number of rotatable bonds is 4. The summed E-state index contributed by atoms with van der Waals surface area (Å²) in [5.41, 5.74) is 1.65. The highest BCUT2D eigenvalue weighted by Gasteiger charge is 2.11. The second kappa shape index (κ2) is 6.16. The SMILES string of the molecule is O=Cc1ccc(Br)c(OCc2ccccc2)c1Br. The number of carbonyl (C=O) groups is 1. The highest BCUT2D eigenvalue weighted by molar-refractivity contribution is 9.11. The molecule has 0 radical (unpaired) electrons. The van der Waals surface area contributed by atoms with Gasteiger partial charge in [0.15, 0.2) is 6.29 Å². The molecule has 0 saturated carbocycles. The van der Waals surface area contributed by atoms with Gasteiger partial charge in [-0.1, -0.05) is 30.3 Å². The summed E-state index contributed by atoms with van der Waals surface area (Å²) in [4.78, 5) is 10.9. The maximum Gasteiger partial charge on any atom is 0.151 e. The van der Waals surface area contributed by atoms with Gasteiger partial charge in [0.05, 0.1) is 8.95 Å². The van der Waals surface area contributed by atoms with Gasteiger partial charge in [-0.3, -0.25) is 4.79 Å².